The standard InChI is InChI=1S/C15H14ClNO2S/c16-14-6-4-13(20-14)5-7-15(19)17-9-11-2-1-3-12(8-11)10-18/h1-8,18H,9-10H2,(H,17,19). The zero-order chi connectivity index (χ0) is 14.4. The Morgan fingerprint density at radius 2 is 2.10 bits per heavy atom. The fourth-order valence-electron chi connectivity index (χ4n) is 1.66. The van der Waals surface area contributed by atoms with Crippen molar-refractivity contribution >= 4 is 34.9 Å². The lowest BCUT2D eigenvalue weighted by atomic mass is 10.1. The third kappa shape index (κ3) is 4.49. The second kappa shape index (κ2) is 7.24. The van der Waals surface area contributed by atoms with Crippen molar-refractivity contribution in [2.45, 2.75) is 13.2 Å². The highest BCUT2D eigenvalue weighted by Crippen LogP contribution is 2.22. The molecule has 0 atom stereocenters. The van der Waals surface area contributed by atoms with Crippen LogP contribution in [0, 0.1) is 0 Å². The molecule has 20 heavy (non-hydrogen) atoms. The van der Waals surface area contributed by atoms with Gasteiger partial charge in [0.25, 0.3) is 0 Å². The van der Waals surface area contributed by atoms with E-state index in [0.29, 0.717) is 10.9 Å². The van der Waals surface area contributed by atoms with Crippen LogP contribution in [0.4, 0.5) is 0 Å². The van der Waals surface area contributed by atoms with E-state index in [-0.39, 0.29) is 12.5 Å². The average molecular weight is 308 g/mol. The number of aliphatic hydroxyl groups is 1. The number of carbonyl (C=O) groups is 1. The van der Waals surface area contributed by atoms with Gasteiger partial charge in [0.15, 0.2) is 0 Å². The normalized spacial score (nSPS) is 10.9. The summed E-state index contributed by atoms with van der Waals surface area (Å²) in [6.45, 7) is 0.434. The Bertz CT molecular complexity index is 622. The fourth-order valence-corrected chi connectivity index (χ4v) is 2.63. The maximum atomic E-state index is 11.7. The molecular weight excluding hydrogens is 294 g/mol. The van der Waals surface area contributed by atoms with Crippen molar-refractivity contribution in [1.29, 1.82) is 0 Å². The van der Waals surface area contributed by atoms with Gasteiger partial charge in [0.2, 0.25) is 5.91 Å². The lowest BCUT2D eigenvalue weighted by molar-refractivity contribution is -0.116. The molecule has 1 amide bonds. The number of benzene rings is 1. The fraction of sp³-hybridized carbons (Fsp3) is 0.133. The van der Waals surface area contributed by atoms with Crippen LogP contribution >= 0.6 is 22.9 Å². The highest BCUT2D eigenvalue weighted by molar-refractivity contribution is 7.17. The van der Waals surface area contributed by atoms with Crippen molar-refractivity contribution in [3.05, 3.63) is 62.8 Å². The van der Waals surface area contributed by atoms with Gasteiger partial charge in [-0.3, -0.25) is 4.79 Å². The predicted molar refractivity (Wildman–Crippen MR) is 82.6 cm³/mol. The molecule has 3 nitrogen and oxygen atoms in total. The van der Waals surface area contributed by atoms with Crippen LogP contribution in [-0.2, 0) is 17.9 Å². The summed E-state index contributed by atoms with van der Waals surface area (Å²) in [6.07, 6.45) is 3.22. The van der Waals surface area contributed by atoms with Crippen LogP contribution in [0.25, 0.3) is 6.08 Å². The molecule has 1 heterocycles. The van der Waals surface area contributed by atoms with Gasteiger partial charge in [0.1, 0.15) is 0 Å². The molecule has 1 aromatic carbocycles. The molecule has 0 saturated carbocycles. The van der Waals surface area contributed by atoms with Crippen LogP contribution in [0.3, 0.4) is 0 Å². The molecule has 2 rings (SSSR count). The first-order chi connectivity index (χ1) is 9.67. The van der Waals surface area contributed by atoms with Crippen LogP contribution < -0.4 is 5.32 Å². The van der Waals surface area contributed by atoms with Gasteiger partial charge in [0, 0.05) is 17.5 Å². The molecule has 1 aromatic heterocycles. The van der Waals surface area contributed by atoms with Crippen molar-refractivity contribution in [1.82, 2.24) is 5.32 Å². The van der Waals surface area contributed by atoms with E-state index in [2.05, 4.69) is 5.32 Å². The third-order valence-electron chi connectivity index (χ3n) is 2.63. The Morgan fingerprint density at radius 3 is 2.80 bits per heavy atom. The van der Waals surface area contributed by atoms with Gasteiger partial charge in [-0.05, 0) is 29.3 Å². The smallest absolute Gasteiger partial charge is 0.244 e. The van der Waals surface area contributed by atoms with E-state index in [1.54, 1.807) is 12.1 Å². The van der Waals surface area contributed by atoms with Gasteiger partial charge >= 0.3 is 0 Å². The first-order valence-corrected chi connectivity index (χ1v) is 7.27. The summed E-state index contributed by atoms with van der Waals surface area (Å²) in [4.78, 5) is 12.6. The van der Waals surface area contributed by atoms with E-state index in [1.807, 2.05) is 30.3 Å². The number of aliphatic hydroxyl groups excluding tert-OH is 1. The zero-order valence-corrected chi connectivity index (χ0v) is 12.2. The lowest BCUT2D eigenvalue weighted by Crippen LogP contribution is -2.20. The number of hydrogen-bond acceptors (Lipinski definition) is 3. The minimum atomic E-state index is -0.163. The van der Waals surface area contributed by atoms with Crippen LogP contribution in [0.1, 0.15) is 16.0 Å². The van der Waals surface area contributed by atoms with Crippen molar-refractivity contribution in [3.63, 3.8) is 0 Å². The van der Waals surface area contributed by atoms with E-state index in [0.717, 1.165) is 16.0 Å². The quantitative estimate of drug-likeness (QED) is 0.833. The third-order valence-corrected chi connectivity index (χ3v) is 3.83. The van der Waals surface area contributed by atoms with Gasteiger partial charge < -0.3 is 10.4 Å². The Hall–Kier alpha value is -1.62. The summed E-state index contributed by atoms with van der Waals surface area (Å²) in [5, 5.41) is 11.8. The van der Waals surface area contributed by atoms with Gasteiger partial charge in [-0.2, -0.15) is 0 Å². The van der Waals surface area contributed by atoms with Gasteiger partial charge in [0.05, 0.1) is 10.9 Å². The monoisotopic (exact) mass is 307 g/mol. The van der Waals surface area contributed by atoms with E-state index in [9.17, 15) is 4.79 Å². The summed E-state index contributed by atoms with van der Waals surface area (Å²) in [5.74, 6) is -0.163. The Balaban J connectivity index is 1.87. The van der Waals surface area contributed by atoms with E-state index >= 15 is 0 Å². The summed E-state index contributed by atoms with van der Waals surface area (Å²) in [7, 11) is 0. The van der Waals surface area contributed by atoms with Crippen molar-refractivity contribution in [3.8, 4) is 0 Å². The number of thiophene rings is 1. The Kier molecular flexibility index (Phi) is 5.35. The van der Waals surface area contributed by atoms with Crippen LogP contribution in [0.2, 0.25) is 4.34 Å². The van der Waals surface area contributed by atoms with Crippen LogP contribution in [0.5, 0.6) is 0 Å². The second-order valence-electron chi connectivity index (χ2n) is 4.17. The van der Waals surface area contributed by atoms with E-state index in [4.69, 9.17) is 16.7 Å². The second-order valence-corrected chi connectivity index (χ2v) is 5.92. The molecule has 0 fully saturated rings. The summed E-state index contributed by atoms with van der Waals surface area (Å²) in [6, 6.07) is 11.1. The lowest BCUT2D eigenvalue weighted by Gasteiger charge is -2.04. The molecule has 0 aliphatic rings. The van der Waals surface area contributed by atoms with Gasteiger partial charge in [-0.25, -0.2) is 0 Å². The maximum absolute atomic E-state index is 11.7. The van der Waals surface area contributed by atoms with Gasteiger partial charge in [-0.15, -0.1) is 11.3 Å². The zero-order valence-electron chi connectivity index (χ0n) is 10.7. The van der Waals surface area contributed by atoms with Crippen molar-refractivity contribution in [2.24, 2.45) is 0 Å². The molecule has 104 valence electrons. The first kappa shape index (κ1) is 14.8. The number of rotatable bonds is 5. The van der Waals surface area contributed by atoms with E-state index in [1.165, 1.54) is 17.4 Å². The predicted octanol–water partition coefficient (Wildman–Crippen LogP) is 3.22. The molecule has 0 aliphatic heterocycles. The number of hydrogen-bond donors (Lipinski definition) is 2. The molecule has 2 N–H and O–H groups in total. The van der Waals surface area contributed by atoms with Crippen LogP contribution in [0.15, 0.2) is 42.5 Å². The molecule has 0 bridgehead atoms. The van der Waals surface area contributed by atoms with E-state index < -0.39 is 0 Å². The summed E-state index contributed by atoms with van der Waals surface area (Å²) < 4.78 is 0.700. The first-order valence-electron chi connectivity index (χ1n) is 6.07. The average Bonchev–Trinajstić information content (AvgIpc) is 2.89. The minimum Gasteiger partial charge on any atom is -0.392 e. The largest absolute Gasteiger partial charge is 0.392 e. The van der Waals surface area contributed by atoms with Crippen molar-refractivity contribution in [2.75, 3.05) is 0 Å². The number of carbonyl (C=O) groups excluding carboxylic acids is 1. The molecule has 0 spiro atoms. The molecule has 5 heteroatoms. The highest BCUT2D eigenvalue weighted by atomic mass is 35.5. The number of halogens is 1. The molecule has 0 unspecified atom stereocenters. The highest BCUT2D eigenvalue weighted by Gasteiger charge is 1.99. The number of amides is 1. The minimum absolute atomic E-state index is 0.000820. The number of nitrogens with one attached hydrogen (secondary N) is 1. The molecule has 2 aromatic rings. The van der Waals surface area contributed by atoms with Crippen LogP contribution in [-0.4, -0.2) is 11.0 Å². The topological polar surface area (TPSA) is 49.3 Å². The molecule has 0 saturated heterocycles. The molecule has 0 radical (unpaired) electrons. The summed E-state index contributed by atoms with van der Waals surface area (Å²) >= 11 is 7.23. The maximum Gasteiger partial charge on any atom is 0.244 e. The van der Waals surface area contributed by atoms with Gasteiger partial charge in [-0.1, -0.05) is 35.9 Å². The molecular formula is C15H14ClNO2S. The Morgan fingerprint density at radius 1 is 1.30 bits per heavy atom. The molecule has 0 aliphatic carbocycles. The Labute approximate surface area is 126 Å². The SMILES string of the molecule is O=C(C=Cc1ccc(Cl)s1)NCc1cccc(CO)c1. The van der Waals surface area contributed by atoms with Crippen molar-refractivity contribution < 1.29 is 9.90 Å². The summed E-state index contributed by atoms with van der Waals surface area (Å²) in [5.41, 5.74) is 1.79.